The van der Waals surface area contributed by atoms with Gasteiger partial charge in [-0.3, -0.25) is 0 Å². The zero-order valence-corrected chi connectivity index (χ0v) is 13.5. The topological polar surface area (TPSA) is 72.0 Å². The Morgan fingerprint density at radius 2 is 1.19 bits per heavy atom. The summed E-state index contributed by atoms with van der Waals surface area (Å²) in [6, 6.07) is 13.2. The van der Waals surface area contributed by atoms with Crippen LogP contribution < -0.4 is 0 Å². The second-order valence-corrected chi connectivity index (χ2v) is 7.07. The summed E-state index contributed by atoms with van der Waals surface area (Å²) in [5, 5.41) is 29.2. The minimum Gasteiger partial charge on any atom is -0.508 e. The molecule has 2 aromatic carbocycles. The van der Waals surface area contributed by atoms with Gasteiger partial charge in [0.1, 0.15) is 5.75 Å². The monoisotopic (exact) mass is 400 g/mol. The van der Waals surface area contributed by atoms with Crippen LogP contribution in [0.3, 0.4) is 0 Å². The molecule has 0 aliphatic carbocycles. The molecule has 0 saturated heterocycles. The fourth-order valence-corrected chi connectivity index (χ4v) is 1.91. The van der Waals surface area contributed by atoms with Crippen LogP contribution in [0.25, 0.3) is 22.3 Å². The first-order chi connectivity index (χ1) is 11.6. The van der Waals surface area contributed by atoms with Crippen molar-refractivity contribution >= 4 is 18.8 Å². The van der Waals surface area contributed by atoms with Gasteiger partial charge in [0.2, 0.25) is 0 Å². The average molecular weight is 400 g/mol. The number of hydrogen-bond acceptors (Lipinski definition) is 3. The summed E-state index contributed by atoms with van der Waals surface area (Å²) in [6.45, 7) is 0. The van der Waals surface area contributed by atoms with Gasteiger partial charge in [-0.05, 0) is 42.5 Å². The van der Waals surface area contributed by atoms with E-state index < -0.39 is 7.81 Å². The molecule has 3 aromatic rings. The summed E-state index contributed by atoms with van der Waals surface area (Å²) < 4.78 is 64.8. The Morgan fingerprint density at radius 3 is 1.73 bits per heavy atom. The Bertz CT molecular complexity index is 945. The van der Waals surface area contributed by atoms with Crippen molar-refractivity contribution in [1.29, 1.82) is 0 Å². The fraction of sp³-hybridized carbons (Fsp3) is 0. The van der Waals surface area contributed by atoms with E-state index in [1.54, 1.807) is 42.5 Å². The van der Waals surface area contributed by atoms with Crippen molar-refractivity contribution in [2.75, 3.05) is 0 Å². The van der Waals surface area contributed by atoms with Crippen LogP contribution in [0.5, 0.6) is 17.2 Å². The third-order valence-corrected chi connectivity index (χ3v) is 2.92. The van der Waals surface area contributed by atoms with E-state index in [0.29, 0.717) is 11.1 Å². The summed E-state index contributed by atoms with van der Waals surface area (Å²) in [5.41, 5.74) is 0.994. The Balaban J connectivity index is 0.000000298. The molecule has 0 aliphatic rings. The van der Waals surface area contributed by atoms with Gasteiger partial charge in [-0.15, -0.1) is 0 Å². The summed E-state index contributed by atoms with van der Waals surface area (Å²) in [5.74, 6) is 0.204. The molecule has 142 valence electrons. The van der Waals surface area contributed by atoms with E-state index in [2.05, 4.69) is 0 Å². The molecule has 0 fully saturated rings. The first-order valence-corrected chi connectivity index (χ1v) is 8.76. The average Bonchev–Trinajstić information content (AvgIpc) is 2.48. The zero-order valence-electron chi connectivity index (χ0n) is 12.6. The smallest absolute Gasteiger partial charge is 0.405 e. The van der Waals surface area contributed by atoms with Gasteiger partial charge < -0.3 is 15.3 Å². The third kappa shape index (κ3) is 6.29. The van der Waals surface area contributed by atoms with E-state index in [0.717, 1.165) is 5.56 Å². The maximum absolute atomic E-state index is 10.7. The second kappa shape index (κ2) is 5.63. The predicted molar refractivity (Wildman–Crippen MR) is 84.6 cm³/mol. The number of halogens is 6. The summed E-state index contributed by atoms with van der Waals surface area (Å²) in [7, 11) is -10.7. The van der Waals surface area contributed by atoms with Crippen molar-refractivity contribution in [3.8, 4) is 28.6 Å². The van der Waals surface area contributed by atoms with E-state index in [1.165, 1.54) is 6.07 Å². The Hall–Kier alpha value is -2.74. The number of phenolic OH excluding ortho intramolecular Hbond substituents is 3. The van der Waals surface area contributed by atoms with Gasteiger partial charge in [-0.25, -0.2) is 4.42 Å². The van der Waals surface area contributed by atoms with Crippen molar-refractivity contribution < 1.29 is 44.9 Å². The number of benzene rings is 2. The zero-order chi connectivity index (χ0) is 19.8. The molecule has 0 atom stereocenters. The van der Waals surface area contributed by atoms with Gasteiger partial charge in [0, 0.05) is 6.07 Å². The molecule has 0 saturated carbocycles. The largest absolute Gasteiger partial charge is 0.508 e. The molecule has 3 rings (SSSR count). The van der Waals surface area contributed by atoms with Crippen LogP contribution in [0.15, 0.2) is 52.9 Å². The first kappa shape index (κ1) is 19.6. The predicted octanol–water partition coefficient (Wildman–Crippen LogP) is 6.88. The molecule has 11 heteroatoms. The van der Waals surface area contributed by atoms with Crippen molar-refractivity contribution in [3.63, 3.8) is 0 Å². The molecular weight excluding hydrogens is 389 g/mol. The quantitative estimate of drug-likeness (QED) is 0.180. The van der Waals surface area contributed by atoms with Crippen molar-refractivity contribution in [2.45, 2.75) is 0 Å². The van der Waals surface area contributed by atoms with E-state index in [-0.39, 0.29) is 22.8 Å². The minimum absolute atomic E-state index is 0.171. The maximum Gasteiger partial charge on any atom is 0.405 e. The van der Waals surface area contributed by atoms with Crippen LogP contribution in [0, 0.1) is 0 Å². The summed E-state index contributed by atoms with van der Waals surface area (Å²) in [6.07, 6.45) is 0. The van der Waals surface area contributed by atoms with Crippen molar-refractivity contribution in [2.24, 2.45) is 0 Å². The maximum atomic E-state index is 9.87. The Labute approximate surface area is 141 Å². The van der Waals surface area contributed by atoms with Gasteiger partial charge >= 0.3 is 44.3 Å². The second-order valence-electron chi connectivity index (χ2n) is 5.16. The normalized spacial score (nSPS) is 14.1. The van der Waals surface area contributed by atoms with Crippen molar-refractivity contribution in [3.05, 3.63) is 48.5 Å². The van der Waals surface area contributed by atoms with Crippen LogP contribution in [0.4, 0.5) is 25.2 Å². The SMILES string of the molecule is F[P-](F)(F)(F)(F)F.Oc1ccc(-c2ccc3ccc(O)c(O)c3[o+]2)cc1. The van der Waals surface area contributed by atoms with E-state index >= 15 is 0 Å². The molecule has 1 aromatic heterocycles. The first-order valence-electron chi connectivity index (χ1n) is 6.74. The van der Waals surface area contributed by atoms with E-state index in [9.17, 15) is 40.5 Å². The molecule has 0 spiro atoms. The molecule has 0 bridgehead atoms. The van der Waals surface area contributed by atoms with Crippen molar-refractivity contribution in [1.82, 2.24) is 0 Å². The van der Waals surface area contributed by atoms with Gasteiger partial charge in [0.05, 0.1) is 10.9 Å². The number of rotatable bonds is 1. The van der Waals surface area contributed by atoms with E-state index in [4.69, 9.17) is 4.42 Å². The molecule has 1 heterocycles. The molecule has 26 heavy (non-hydrogen) atoms. The van der Waals surface area contributed by atoms with Crippen LogP contribution in [-0.2, 0) is 0 Å². The fourth-order valence-electron chi connectivity index (χ4n) is 1.91. The Morgan fingerprint density at radius 1 is 0.692 bits per heavy atom. The third-order valence-electron chi connectivity index (χ3n) is 2.92. The standard InChI is InChI=1S/C15H10O4.F6P/c16-11-5-1-9(2-6-11)13-8-4-10-3-7-12(17)14(18)15(10)19-13;1-7(2,3,4,5)6/h1-8H,(H2-,16,17,18);/q;-1/p+1. The summed E-state index contributed by atoms with van der Waals surface area (Å²) in [4.78, 5) is 0. The van der Waals surface area contributed by atoms with Gasteiger partial charge in [-0.2, -0.15) is 0 Å². The molecule has 0 amide bonds. The molecule has 0 unspecified atom stereocenters. The Kier molecular flexibility index (Phi) is 4.24. The molecule has 3 N–H and O–H groups in total. The van der Waals surface area contributed by atoms with Gasteiger partial charge in [-0.1, -0.05) is 0 Å². The van der Waals surface area contributed by atoms with Gasteiger partial charge in [0.25, 0.3) is 5.75 Å². The van der Waals surface area contributed by atoms with E-state index in [1.807, 2.05) is 0 Å². The summed E-state index contributed by atoms with van der Waals surface area (Å²) >= 11 is 0. The molecule has 4 nitrogen and oxygen atoms in total. The number of fused-ring (bicyclic) bond motifs is 1. The van der Waals surface area contributed by atoms with Crippen LogP contribution >= 0.6 is 7.81 Å². The molecular formula is C15H11F6O4P. The number of phenols is 3. The minimum atomic E-state index is -10.7. The molecule has 0 aliphatic heterocycles. The van der Waals surface area contributed by atoms with Crippen LogP contribution in [0.1, 0.15) is 0 Å². The molecule has 0 radical (unpaired) electrons. The van der Waals surface area contributed by atoms with Crippen LogP contribution in [-0.4, -0.2) is 15.3 Å². The number of hydrogen-bond donors (Lipinski definition) is 3. The number of aromatic hydroxyl groups is 3. The van der Waals surface area contributed by atoms with Gasteiger partial charge in [0.15, 0.2) is 5.75 Å². The van der Waals surface area contributed by atoms with Crippen LogP contribution in [0.2, 0.25) is 0 Å².